The summed E-state index contributed by atoms with van der Waals surface area (Å²) in [5.41, 5.74) is 5.96. The Morgan fingerprint density at radius 1 is 1.03 bits per heavy atom. The molecular weight excluding hydrogens is 434 g/mol. The number of nitrogens with zero attached hydrogens (tertiary/aromatic N) is 2. The van der Waals surface area contributed by atoms with E-state index in [1.54, 1.807) is 0 Å². The zero-order chi connectivity index (χ0) is 24.8. The first-order valence-corrected chi connectivity index (χ1v) is 11.5. The van der Waals surface area contributed by atoms with Gasteiger partial charge in [0.05, 0.1) is 12.0 Å². The van der Waals surface area contributed by atoms with E-state index >= 15 is 0 Å². The lowest BCUT2D eigenvalue weighted by Crippen LogP contribution is -2.23. The minimum atomic E-state index is -0.0570. The molecule has 0 unspecified atom stereocenters. The topological polar surface area (TPSA) is 53.9 Å². The second-order valence-corrected chi connectivity index (χ2v) is 8.41. The number of hydrogen-bond acceptors (Lipinski definition) is 3. The molecule has 0 bridgehead atoms. The third-order valence-corrected chi connectivity index (χ3v) is 5.72. The van der Waals surface area contributed by atoms with Crippen LogP contribution in [0.25, 0.3) is 0 Å². The predicted molar refractivity (Wildman–Crippen MR) is 144 cm³/mol. The van der Waals surface area contributed by atoms with Crippen molar-refractivity contribution in [1.29, 1.82) is 0 Å². The van der Waals surface area contributed by atoms with Gasteiger partial charge >= 0.3 is 0 Å². The van der Waals surface area contributed by atoms with Gasteiger partial charge in [0.2, 0.25) is 5.91 Å². The zero-order valence-electron chi connectivity index (χ0n) is 20.3. The highest BCUT2D eigenvalue weighted by Gasteiger charge is 2.23. The Labute approximate surface area is 206 Å². The van der Waals surface area contributed by atoms with Crippen LogP contribution in [0.15, 0.2) is 114 Å². The van der Waals surface area contributed by atoms with Crippen LogP contribution in [0.3, 0.4) is 0 Å². The standard InChI is InChI=1S/C30H29N3O2/c1-5-31-30-27(18-19-33(30)28-9-7-6-8-22(28)3)23(4)35-26-16-14-25(15-17-26)32-29(34)20-24-12-10-21(2)11-13-24/h5-19H,1,20H2,2-4H3,(H,32,34)/b27-23+,31-30?. The van der Waals surface area contributed by atoms with E-state index in [2.05, 4.69) is 35.9 Å². The molecular formula is C30H29N3O2. The van der Waals surface area contributed by atoms with Crippen molar-refractivity contribution in [3.63, 3.8) is 0 Å². The molecule has 0 spiro atoms. The van der Waals surface area contributed by atoms with Crippen molar-refractivity contribution in [3.05, 3.63) is 126 Å². The molecule has 1 amide bonds. The summed E-state index contributed by atoms with van der Waals surface area (Å²) in [4.78, 5) is 18.9. The Morgan fingerprint density at radius 2 is 1.74 bits per heavy atom. The summed E-state index contributed by atoms with van der Waals surface area (Å²) in [5.74, 6) is 2.09. The number of benzene rings is 3. The van der Waals surface area contributed by atoms with Gasteiger partial charge in [-0.2, -0.15) is 0 Å². The Kier molecular flexibility index (Phi) is 7.27. The molecule has 35 heavy (non-hydrogen) atoms. The Morgan fingerprint density at radius 3 is 2.43 bits per heavy atom. The van der Waals surface area contributed by atoms with Crippen LogP contribution in [0, 0.1) is 13.8 Å². The zero-order valence-corrected chi connectivity index (χ0v) is 20.3. The van der Waals surface area contributed by atoms with Gasteiger partial charge in [0.1, 0.15) is 17.3 Å². The van der Waals surface area contributed by atoms with Gasteiger partial charge in [-0.1, -0.05) is 54.6 Å². The summed E-state index contributed by atoms with van der Waals surface area (Å²) in [5, 5.41) is 2.94. The molecule has 0 aromatic heterocycles. The molecule has 0 aliphatic carbocycles. The molecule has 1 N–H and O–H groups in total. The van der Waals surface area contributed by atoms with Crippen molar-refractivity contribution in [3.8, 4) is 5.75 Å². The van der Waals surface area contributed by atoms with Crippen LogP contribution in [0.5, 0.6) is 5.75 Å². The fourth-order valence-electron chi connectivity index (χ4n) is 3.88. The van der Waals surface area contributed by atoms with Crippen molar-refractivity contribution in [2.75, 3.05) is 10.2 Å². The summed E-state index contributed by atoms with van der Waals surface area (Å²) in [6.45, 7) is 9.79. The molecule has 0 fully saturated rings. The summed E-state index contributed by atoms with van der Waals surface area (Å²) in [7, 11) is 0. The first kappa shape index (κ1) is 23.8. The molecule has 0 atom stereocenters. The van der Waals surface area contributed by atoms with Crippen LogP contribution < -0.4 is 15.0 Å². The van der Waals surface area contributed by atoms with Crippen LogP contribution >= 0.6 is 0 Å². The number of hydrogen-bond donors (Lipinski definition) is 1. The Bertz CT molecular complexity index is 1320. The number of allylic oxidation sites excluding steroid dienone is 1. The highest BCUT2D eigenvalue weighted by molar-refractivity contribution is 6.16. The molecule has 0 radical (unpaired) electrons. The summed E-state index contributed by atoms with van der Waals surface area (Å²) in [6.07, 6.45) is 5.84. The Balaban J connectivity index is 1.44. The van der Waals surface area contributed by atoms with Crippen molar-refractivity contribution >= 4 is 23.1 Å². The van der Waals surface area contributed by atoms with Crippen LogP contribution in [-0.4, -0.2) is 11.7 Å². The number of nitrogens with one attached hydrogen (secondary N) is 1. The lowest BCUT2D eigenvalue weighted by Gasteiger charge is -2.20. The monoisotopic (exact) mass is 463 g/mol. The second kappa shape index (κ2) is 10.7. The molecule has 5 nitrogen and oxygen atoms in total. The van der Waals surface area contributed by atoms with Crippen LogP contribution in [-0.2, 0) is 11.2 Å². The number of anilines is 2. The van der Waals surface area contributed by atoms with E-state index < -0.39 is 0 Å². The van der Waals surface area contributed by atoms with Crippen molar-refractivity contribution in [2.24, 2.45) is 4.99 Å². The maximum absolute atomic E-state index is 12.4. The molecule has 1 heterocycles. The van der Waals surface area contributed by atoms with E-state index in [9.17, 15) is 4.79 Å². The van der Waals surface area contributed by atoms with E-state index in [-0.39, 0.29) is 5.91 Å². The van der Waals surface area contributed by atoms with Crippen LogP contribution in [0.4, 0.5) is 11.4 Å². The maximum atomic E-state index is 12.4. The Hall–Kier alpha value is -4.38. The van der Waals surface area contributed by atoms with Crippen LogP contribution in [0.1, 0.15) is 23.6 Å². The summed E-state index contributed by atoms with van der Waals surface area (Å²) >= 11 is 0. The molecule has 5 heteroatoms. The number of amides is 1. The maximum Gasteiger partial charge on any atom is 0.228 e. The smallest absolute Gasteiger partial charge is 0.228 e. The molecule has 3 aromatic rings. The van der Waals surface area contributed by atoms with E-state index in [0.29, 0.717) is 17.9 Å². The fraction of sp³-hybridized carbons (Fsp3) is 0.133. The van der Waals surface area contributed by atoms with Crippen LogP contribution in [0.2, 0.25) is 0 Å². The van der Waals surface area contributed by atoms with Gasteiger partial charge in [-0.15, -0.1) is 0 Å². The third kappa shape index (κ3) is 5.76. The van der Waals surface area contributed by atoms with Crippen molar-refractivity contribution in [2.45, 2.75) is 27.2 Å². The molecule has 1 aliphatic rings. The van der Waals surface area contributed by atoms with E-state index in [1.807, 2.05) is 91.7 Å². The number of amidine groups is 1. The molecule has 0 saturated heterocycles. The van der Waals surface area contributed by atoms with Gasteiger partial charge in [-0.3, -0.25) is 4.79 Å². The van der Waals surface area contributed by atoms with E-state index in [4.69, 9.17) is 4.74 Å². The highest BCUT2D eigenvalue weighted by Crippen LogP contribution is 2.29. The number of para-hydroxylation sites is 1. The molecule has 0 saturated carbocycles. The molecule has 176 valence electrons. The van der Waals surface area contributed by atoms with Gasteiger partial charge in [-0.25, -0.2) is 4.99 Å². The lowest BCUT2D eigenvalue weighted by atomic mass is 10.1. The third-order valence-electron chi connectivity index (χ3n) is 5.72. The van der Waals surface area contributed by atoms with E-state index in [1.165, 1.54) is 11.8 Å². The van der Waals surface area contributed by atoms with Crippen molar-refractivity contribution < 1.29 is 9.53 Å². The average molecular weight is 464 g/mol. The molecule has 1 aliphatic heterocycles. The molecule has 3 aromatic carbocycles. The van der Waals surface area contributed by atoms with Gasteiger partial charge in [-0.05, 0) is 68.3 Å². The summed E-state index contributed by atoms with van der Waals surface area (Å²) < 4.78 is 6.13. The van der Waals surface area contributed by atoms with Crippen molar-refractivity contribution in [1.82, 2.24) is 0 Å². The van der Waals surface area contributed by atoms with Gasteiger partial charge in [0, 0.05) is 23.8 Å². The highest BCUT2D eigenvalue weighted by atomic mass is 16.5. The number of ether oxygens (including phenoxy) is 1. The number of aryl methyl sites for hydroxylation is 2. The average Bonchev–Trinajstić information content (AvgIpc) is 3.26. The number of aliphatic imine (C=N–C) groups is 1. The van der Waals surface area contributed by atoms with E-state index in [0.717, 1.165) is 33.9 Å². The number of carbonyl (C=O) groups is 1. The minimum Gasteiger partial charge on any atom is -0.461 e. The van der Waals surface area contributed by atoms with Gasteiger partial charge < -0.3 is 15.0 Å². The molecule has 4 rings (SSSR count). The minimum absolute atomic E-state index is 0.0570. The quantitative estimate of drug-likeness (QED) is 0.396. The van der Waals surface area contributed by atoms with Gasteiger partial charge in [0.25, 0.3) is 0 Å². The largest absolute Gasteiger partial charge is 0.461 e. The fourth-order valence-corrected chi connectivity index (χ4v) is 3.88. The normalized spacial score (nSPS) is 15.3. The lowest BCUT2D eigenvalue weighted by molar-refractivity contribution is -0.115. The summed E-state index contributed by atoms with van der Waals surface area (Å²) in [6, 6.07) is 23.5. The SMILES string of the molecule is C=CN=C1/C(=C(\C)Oc2ccc(NC(=O)Cc3ccc(C)cc3)cc2)C=CN1c1ccccc1C. The number of carbonyl (C=O) groups excluding carboxylic acids is 1. The number of rotatable bonds is 7. The first-order chi connectivity index (χ1) is 16.9. The second-order valence-electron chi connectivity index (χ2n) is 8.41. The van der Waals surface area contributed by atoms with Gasteiger partial charge in [0.15, 0.2) is 0 Å². The first-order valence-electron chi connectivity index (χ1n) is 11.5. The predicted octanol–water partition coefficient (Wildman–Crippen LogP) is 6.71.